The van der Waals surface area contributed by atoms with Crippen molar-refractivity contribution in [2.24, 2.45) is 0 Å². The third-order valence-electron chi connectivity index (χ3n) is 15.7. The SMILES string of the molecule is CCCCCCC/C=C\C/C=C\C/C=C\CCCCCCCCCCCCC(=O)OC(COC(=O)CCCCCCCCCCCCCCCCCCCCCCCCCCCCCCCCC)COP(=O)(O)OCC[N+](C)(C)C. The molecule has 0 bridgehead atoms. The Hall–Kier alpha value is -1.77. The summed E-state index contributed by atoms with van der Waals surface area (Å²) in [4.78, 5) is 35.8. The Morgan fingerprint density at radius 1 is 0.388 bits per heavy atom. The lowest BCUT2D eigenvalue weighted by molar-refractivity contribution is -0.870. The molecular weight excluding hydrogens is 1010 g/mol. The number of hydrogen-bond acceptors (Lipinski definition) is 7. The van der Waals surface area contributed by atoms with Crippen LogP contribution in [0.25, 0.3) is 0 Å². The van der Waals surface area contributed by atoms with E-state index in [-0.39, 0.29) is 25.6 Å². The average molecular weight is 1150 g/mol. The first kappa shape index (κ1) is 78.2. The number of likely N-dealkylation sites (N-methyl/N-ethyl adjacent to an activating group) is 1. The van der Waals surface area contributed by atoms with Crippen LogP contribution >= 0.6 is 7.82 Å². The molecule has 0 amide bonds. The van der Waals surface area contributed by atoms with E-state index in [0.29, 0.717) is 23.9 Å². The first-order chi connectivity index (χ1) is 39.0. The number of phosphoric ester groups is 1. The summed E-state index contributed by atoms with van der Waals surface area (Å²) in [7, 11) is 1.49. The van der Waals surface area contributed by atoms with Crippen molar-refractivity contribution in [2.75, 3.05) is 47.5 Å². The molecule has 0 aliphatic heterocycles. The van der Waals surface area contributed by atoms with Gasteiger partial charge >= 0.3 is 19.8 Å². The molecule has 2 unspecified atom stereocenters. The highest BCUT2D eigenvalue weighted by Gasteiger charge is 2.27. The fourth-order valence-corrected chi connectivity index (χ4v) is 11.1. The minimum atomic E-state index is -4.39. The van der Waals surface area contributed by atoms with E-state index in [1.165, 1.54) is 263 Å². The zero-order chi connectivity index (χ0) is 58.4. The van der Waals surface area contributed by atoms with Gasteiger partial charge in [0.1, 0.15) is 19.8 Å². The lowest BCUT2D eigenvalue weighted by Crippen LogP contribution is -2.37. The van der Waals surface area contributed by atoms with Crippen LogP contribution in [0.5, 0.6) is 0 Å². The van der Waals surface area contributed by atoms with E-state index < -0.39 is 26.5 Å². The van der Waals surface area contributed by atoms with E-state index in [4.69, 9.17) is 18.5 Å². The van der Waals surface area contributed by atoms with E-state index >= 15 is 0 Å². The number of esters is 2. The molecule has 0 aromatic rings. The summed E-state index contributed by atoms with van der Waals surface area (Å²) in [6.45, 7) is 4.48. The minimum Gasteiger partial charge on any atom is -0.462 e. The molecule has 472 valence electrons. The van der Waals surface area contributed by atoms with Gasteiger partial charge in [0.15, 0.2) is 6.10 Å². The molecule has 0 heterocycles. The van der Waals surface area contributed by atoms with Gasteiger partial charge in [-0.05, 0) is 51.4 Å². The minimum absolute atomic E-state index is 0.0326. The summed E-state index contributed by atoms with van der Waals surface area (Å²) in [5.74, 6) is -0.784. The maximum absolute atomic E-state index is 12.9. The average Bonchev–Trinajstić information content (AvgIpc) is 3.42. The lowest BCUT2D eigenvalue weighted by Gasteiger charge is -2.24. The summed E-state index contributed by atoms with van der Waals surface area (Å²) in [5, 5.41) is 0. The molecule has 2 atom stereocenters. The number of quaternary nitrogens is 1. The molecule has 0 rings (SSSR count). The number of hydrogen-bond donors (Lipinski definition) is 1. The van der Waals surface area contributed by atoms with Gasteiger partial charge in [0.05, 0.1) is 27.7 Å². The van der Waals surface area contributed by atoms with Crippen molar-refractivity contribution in [3.8, 4) is 0 Å². The van der Waals surface area contributed by atoms with Crippen molar-refractivity contribution in [3.63, 3.8) is 0 Å². The first-order valence-electron chi connectivity index (χ1n) is 34.7. The highest BCUT2D eigenvalue weighted by atomic mass is 31.2. The zero-order valence-electron chi connectivity index (χ0n) is 53.8. The largest absolute Gasteiger partial charge is 0.472 e. The molecule has 0 aromatic heterocycles. The molecule has 0 aliphatic rings. The fraction of sp³-hybridized carbons (Fsp3) is 0.886. The second-order valence-corrected chi connectivity index (χ2v) is 26.4. The molecule has 10 heteroatoms. The van der Waals surface area contributed by atoms with Gasteiger partial charge in [-0.2, -0.15) is 0 Å². The number of nitrogens with zero attached hydrogens (tertiary/aromatic N) is 1. The van der Waals surface area contributed by atoms with Crippen LogP contribution in [0, 0.1) is 0 Å². The third-order valence-corrected chi connectivity index (χ3v) is 16.7. The Kier molecular flexibility index (Phi) is 60.4. The van der Waals surface area contributed by atoms with Crippen LogP contribution in [-0.2, 0) is 32.7 Å². The Labute approximate surface area is 497 Å². The second kappa shape index (κ2) is 61.8. The number of ether oxygens (including phenoxy) is 2. The topological polar surface area (TPSA) is 108 Å². The van der Waals surface area contributed by atoms with E-state index in [2.05, 4.69) is 50.3 Å². The summed E-state index contributed by atoms with van der Waals surface area (Å²) in [6, 6.07) is 0. The Morgan fingerprint density at radius 2 is 0.675 bits per heavy atom. The summed E-state index contributed by atoms with van der Waals surface area (Å²) in [5.41, 5.74) is 0. The molecule has 1 N–H and O–H groups in total. The van der Waals surface area contributed by atoms with Crippen LogP contribution < -0.4 is 0 Å². The van der Waals surface area contributed by atoms with Crippen molar-refractivity contribution in [2.45, 2.75) is 354 Å². The van der Waals surface area contributed by atoms with Crippen LogP contribution in [0.3, 0.4) is 0 Å². The van der Waals surface area contributed by atoms with Gasteiger partial charge in [-0.25, -0.2) is 4.57 Å². The first-order valence-corrected chi connectivity index (χ1v) is 36.2. The highest BCUT2D eigenvalue weighted by molar-refractivity contribution is 7.47. The van der Waals surface area contributed by atoms with Crippen LogP contribution in [0.4, 0.5) is 0 Å². The quantitative estimate of drug-likeness (QED) is 0.0211. The maximum Gasteiger partial charge on any atom is 0.472 e. The predicted octanol–water partition coefficient (Wildman–Crippen LogP) is 22.3. The lowest BCUT2D eigenvalue weighted by atomic mass is 10.0. The van der Waals surface area contributed by atoms with Gasteiger partial charge < -0.3 is 18.9 Å². The van der Waals surface area contributed by atoms with Crippen molar-refractivity contribution < 1.29 is 42.1 Å². The molecule has 0 radical (unpaired) electrons. The number of carbonyl (C=O) groups is 2. The highest BCUT2D eigenvalue weighted by Crippen LogP contribution is 2.43. The maximum atomic E-state index is 12.9. The molecule has 0 aliphatic carbocycles. The van der Waals surface area contributed by atoms with E-state index in [1.807, 2.05) is 21.1 Å². The number of unbranched alkanes of at least 4 members (excludes halogenated alkanes) is 45. The smallest absolute Gasteiger partial charge is 0.462 e. The van der Waals surface area contributed by atoms with Gasteiger partial charge in [-0.15, -0.1) is 0 Å². The molecule has 0 saturated heterocycles. The monoisotopic (exact) mass is 1150 g/mol. The van der Waals surface area contributed by atoms with Crippen LogP contribution in [-0.4, -0.2) is 74.9 Å². The van der Waals surface area contributed by atoms with Gasteiger partial charge in [-0.1, -0.05) is 320 Å². The Balaban J connectivity index is 4.01. The van der Waals surface area contributed by atoms with E-state index in [9.17, 15) is 19.0 Å². The standard InChI is InChI=1S/C70H134NO8P/c1-6-8-10-12-14-16-18-20-22-24-26-28-30-32-33-34-35-36-37-39-40-42-44-46-48-50-52-54-56-58-60-62-69(72)76-66-68(67-78-80(74,75)77-65-64-71(3,4)5)79-70(73)63-61-59-57-55-53-51-49-47-45-43-41-38-31-29-27-25-23-21-19-17-15-13-11-9-7-2/h19,21,25,27,31,38,68H,6-18,20,22-24,26,28-30,32-37,39-67H2,1-5H3/p+1/b21-19-,27-25-,38-31-. The van der Waals surface area contributed by atoms with E-state index in [0.717, 1.165) is 51.4 Å². The normalized spacial score (nSPS) is 13.3. The van der Waals surface area contributed by atoms with Gasteiger partial charge in [0, 0.05) is 12.8 Å². The summed E-state index contributed by atoms with van der Waals surface area (Å²) >= 11 is 0. The van der Waals surface area contributed by atoms with Crippen molar-refractivity contribution in [1.29, 1.82) is 0 Å². The molecule has 9 nitrogen and oxygen atoms in total. The van der Waals surface area contributed by atoms with Gasteiger partial charge in [0.2, 0.25) is 0 Å². The zero-order valence-corrected chi connectivity index (χ0v) is 54.7. The molecule has 80 heavy (non-hydrogen) atoms. The number of allylic oxidation sites excluding steroid dienone is 6. The summed E-state index contributed by atoms with van der Waals surface area (Å²) in [6.07, 6.45) is 78.2. The van der Waals surface area contributed by atoms with Crippen molar-refractivity contribution in [1.82, 2.24) is 0 Å². The van der Waals surface area contributed by atoms with E-state index in [1.54, 1.807) is 0 Å². The fourth-order valence-electron chi connectivity index (χ4n) is 10.3. The second-order valence-electron chi connectivity index (χ2n) is 24.9. The van der Waals surface area contributed by atoms with Crippen molar-refractivity contribution >= 4 is 19.8 Å². The van der Waals surface area contributed by atoms with Crippen molar-refractivity contribution in [3.05, 3.63) is 36.5 Å². The number of rotatable bonds is 65. The Bertz CT molecular complexity index is 1440. The molecule has 0 fully saturated rings. The molecule has 0 aromatic carbocycles. The molecular formula is C70H135NO8P+. The van der Waals surface area contributed by atoms with Crippen LogP contribution in [0.1, 0.15) is 348 Å². The Morgan fingerprint density at radius 3 is 1.00 bits per heavy atom. The van der Waals surface area contributed by atoms with Crippen LogP contribution in [0.15, 0.2) is 36.5 Å². The van der Waals surface area contributed by atoms with Gasteiger partial charge in [-0.3, -0.25) is 18.6 Å². The number of phosphoric acid groups is 1. The summed E-state index contributed by atoms with van der Waals surface area (Å²) < 4.78 is 34.7. The predicted molar refractivity (Wildman–Crippen MR) is 344 cm³/mol. The molecule has 0 saturated carbocycles. The van der Waals surface area contributed by atoms with Gasteiger partial charge in [0.25, 0.3) is 0 Å². The third kappa shape index (κ3) is 65.4. The molecule has 0 spiro atoms. The number of carbonyl (C=O) groups excluding carboxylic acids is 2. The van der Waals surface area contributed by atoms with Crippen LogP contribution in [0.2, 0.25) is 0 Å².